The summed E-state index contributed by atoms with van der Waals surface area (Å²) in [6.45, 7) is 6.20. The van der Waals surface area contributed by atoms with Crippen LogP contribution >= 0.6 is 0 Å². The van der Waals surface area contributed by atoms with E-state index in [2.05, 4.69) is 25.8 Å². The molecule has 0 aliphatic rings. The SMILES string of the molecule is CC(C)(C)CCc1c(O)cc(=O)cnc1CCCS(=O)(=O)O. The van der Waals surface area contributed by atoms with Gasteiger partial charge in [-0.2, -0.15) is 8.42 Å². The molecule has 0 unspecified atom stereocenters. The van der Waals surface area contributed by atoms with E-state index in [4.69, 9.17) is 4.55 Å². The maximum atomic E-state index is 11.5. The number of aromatic nitrogens is 1. The fraction of sp³-hybridized carbons (Fsp3) is 0.600. The molecule has 0 fully saturated rings. The largest absolute Gasteiger partial charge is 0.507 e. The van der Waals surface area contributed by atoms with Crippen LogP contribution in [-0.2, 0) is 23.0 Å². The fourth-order valence-corrected chi connectivity index (χ4v) is 2.55. The molecular formula is C15H23NO5S. The molecule has 1 heterocycles. The van der Waals surface area contributed by atoms with Gasteiger partial charge < -0.3 is 5.11 Å². The Morgan fingerprint density at radius 1 is 1.23 bits per heavy atom. The summed E-state index contributed by atoms with van der Waals surface area (Å²) < 4.78 is 30.3. The van der Waals surface area contributed by atoms with Crippen molar-refractivity contribution in [2.45, 2.75) is 46.5 Å². The van der Waals surface area contributed by atoms with Crippen molar-refractivity contribution in [3.63, 3.8) is 0 Å². The van der Waals surface area contributed by atoms with Crippen LogP contribution in [0.25, 0.3) is 0 Å². The summed E-state index contributed by atoms with van der Waals surface area (Å²) >= 11 is 0. The minimum absolute atomic E-state index is 0.0485. The van der Waals surface area contributed by atoms with E-state index in [-0.39, 0.29) is 29.8 Å². The van der Waals surface area contributed by atoms with Gasteiger partial charge in [0.25, 0.3) is 10.1 Å². The Morgan fingerprint density at radius 3 is 2.41 bits per heavy atom. The van der Waals surface area contributed by atoms with E-state index in [9.17, 15) is 18.3 Å². The van der Waals surface area contributed by atoms with Crippen molar-refractivity contribution in [2.75, 3.05) is 5.75 Å². The molecule has 22 heavy (non-hydrogen) atoms. The number of hydrogen-bond acceptors (Lipinski definition) is 5. The summed E-state index contributed by atoms with van der Waals surface area (Å²) in [5, 5.41) is 10.1. The van der Waals surface area contributed by atoms with Crippen LogP contribution in [0.15, 0.2) is 17.1 Å². The third-order valence-corrected chi connectivity index (χ3v) is 4.03. The highest BCUT2D eigenvalue weighted by Gasteiger charge is 2.15. The van der Waals surface area contributed by atoms with E-state index in [0.717, 1.165) is 18.7 Å². The van der Waals surface area contributed by atoms with Gasteiger partial charge in [-0.05, 0) is 31.1 Å². The molecule has 0 amide bonds. The average molecular weight is 329 g/mol. The molecule has 124 valence electrons. The summed E-state index contributed by atoms with van der Waals surface area (Å²) in [5.74, 6) is -0.495. The Kier molecular flexibility index (Phi) is 6.08. The second kappa shape index (κ2) is 7.19. The minimum Gasteiger partial charge on any atom is -0.507 e. The van der Waals surface area contributed by atoms with E-state index in [1.165, 1.54) is 0 Å². The summed E-state index contributed by atoms with van der Waals surface area (Å²) in [4.78, 5) is 15.5. The zero-order chi connectivity index (χ0) is 17.0. The summed E-state index contributed by atoms with van der Waals surface area (Å²) in [6.07, 6.45) is 2.87. The lowest BCUT2D eigenvalue weighted by atomic mass is 9.88. The van der Waals surface area contributed by atoms with Gasteiger partial charge in [-0.15, -0.1) is 0 Å². The number of hydrogen-bond donors (Lipinski definition) is 2. The first kappa shape index (κ1) is 18.6. The van der Waals surface area contributed by atoms with Crippen molar-refractivity contribution in [3.05, 3.63) is 33.7 Å². The van der Waals surface area contributed by atoms with E-state index in [1.54, 1.807) is 0 Å². The van der Waals surface area contributed by atoms with Crippen LogP contribution in [0.5, 0.6) is 5.75 Å². The third-order valence-electron chi connectivity index (χ3n) is 3.23. The predicted molar refractivity (Wildman–Crippen MR) is 84.7 cm³/mol. The molecular weight excluding hydrogens is 306 g/mol. The zero-order valence-corrected chi connectivity index (χ0v) is 14.0. The number of nitrogens with zero attached hydrogens (tertiary/aromatic N) is 1. The smallest absolute Gasteiger partial charge is 0.264 e. The Labute approximate surface area is 131 Å². The number of rotatable bonds is 6. The molecule has 2 N–H and O–H groups in total. The molecule has 7 heteroatoms. The highest BCUT2D eigenvalue weighted by molar-refractivity contribution is 7.85. The summed E-state index contributed by atoms with van der Waals surface area (Å²) in [5.41, 5.74) is 0.697. The van der Waals surface area contributed by atoms with E-state index >= 15 is 0 Å². The van der Waals surface area contributed by atoms with Crippen LogP contribution in [0.4, 0.5) is 0 Å². The van der Waals surface area contributed by atoms with Gasteiger partial charge in [-0.3, -0.25) is 14.3 Å². The first-order chi connectivity index (χ1) is 9.98. The van der Waals surface area contributed by atoms with Crippen LogP contribution in [-0.4, -0.2) is 28.8 Å². The normalized spacial score (nSPS) is 12.4. The molecule has 1 rings (SSSR count). The maximum absolute atomic E-state index is 11.5. The molecule has 1 aromatic heterocycles. The second-order valence-electron chi connectivity index (χ2n) is 6.57. The molecule has 0 bridgehead atoms. The van der Waals surface area contributed by atoms with Crippen molar-refractivity contribution in [1.82, 2.24) is 4.98 Å². The van der Waals surface area contributed by atoms with Crippen LogP contribution in [0.1, 0.15) is 44.9 Å². The Hall–Kier alpha value is -1.47. The molecule has 0 atom stereocenters. The third kappa shape index (κ3) is 7.00. The molecule has 0 spiro atoms. The first-order valence-corrected chi connectivity index (χ1v) is 8.75. The van der Waals surface area contributed by atoms with Crippen molar-refractivity contribution in [2.24, 2.45) is 5.41 Å². The fourth-order valence-electron chi connectivity index (χ4n) is 2.04. The molecule has 6 nitrogen and oxygen atoms in total. The zero-order valence-electron chi connectivity index (χ0n) is 13.2. The van der Waals surface area contributed by atoms with Gasteiger partial charge in [0.15, 0.2) is 0 Å². The standard InChI is InChI=1S/C15H23NO5S/c1-15(2,3)7-6-12-13(5-4-8-22(19,20)21)16-10-11(17)9-14(12)18/h9-10,18H,4-8H2,1-3H3,(H,19,20,21). The molecule has 1 aromatic rings. The van der Waals surface area contributed by atoms with Crippen LogP contribution in [0, 0.1) is 5.41 Å². The second-order valence-corrected chi connectivity index (χ2v) is 8.14. The lowest BCUT2D eigenvalue weighted by molar-refractivity contribution is 0.373. The lowest BCUT2D eigenvalue weighted by Crippen LogP contribution is -2.09. The van der Waals surface area contributed by atoms with Gasteiger partial charge in [-0.25, -0.2) is 0 Å². The van der Waals surface area contributed by atoms with Crippen molar-refractivity contribution < 1.29 is 18.1 Å². The topological polar surface area (TPSA) is 105 Å². The van der Waals surface area contributed by atoms with Crippen molar-refractivity contribution in [1.29, 1.82) is 0 Å². The maximum Gasteiger partial charge on any atom is 0.264 e. The van der Waals surface area contributed by atoms with Crippen molar-refractivity contribution in [3.8, 4) is 5.75 Å². The minimum atomic E-state index is -4.03. The van der Waals surface area contributed by atoms with Gasteiger partial charge in [0.05, 0.1) is 11.9 Å². The Balaban J connectivity index is 3.05. The number of aromatic hydroxyl groups is 1. The predicted octanol–water partition coefficient (Wildman–Crippen LogP) is 1.95. The van der Waals surface area contributed by atoms with Crippen LogP contribution in [0.3, 0.4) is 0 Å². The summed E-state index contributed by atoms with van der Waals surface area (Å²) in [6, 6.07) is 1.12. The quantitative estimate of drug-likeness (QED) is 0.773. The monoisotopic (exact) mass is 329 g/mol. The van der Waals surface area contributed by atoms with E-state index < -0.39 is 15.5 Å². The molecule has 0 radical (unpaired) electrons. The van der Waals surface area contributed by atoms with Crippen LogP contribution < -0.4 is 5.43 Å². The Bertz CT molecular complexity index is 677. The van der Waals surface area contributed by atoms with Crippen molar-refractivity contribution >= 4 is 10.1 Å². The summed E-state index contributed by atoms with van der Waals surface area (Å²) in [7, 11) is -4.03. The van der Waals surface area contributed by atoms with E-state index in [0.29, 0.717) is 17.7 Å². The van der Waals surface area contributed by atoms with Gasteiger partial charge in [0.2, 0.25) is 5.43 Å². The van der Waals surface area contributed by atoms with Gasteiger partial charge >= 0.3 is 0 Å². The highest BCUT2D eigenvalue weighted by atomic mass is 32.2. The van der Waals surface area contributed by atoms with Gasteiger partial charge in [0.1, 0.15) is 5.75 Å². The van der Waals surface area contributed by atoms with Crippen LogP contribution in [0.2, 0.25) is 0 Å². The molecule has 0 saturated heterocycles. The highest BCUT2D eigenvalue weighted by Crippen LogP contribution is 2.26. The lowest BCUT2D eigenvalue weighted by Gasteiger charge is -2.18. The number of aryl methyl sites for hydroxylation is 1. The molecule has 0 aliphatic heterocycles. The molecule has 0 saturated carbocycles. The Morgan fingerprint density at radius 2 is 1.86 bits per heavy atom. The van der Waals surface area contributed by atoms with Gasteiger partial charge in [0, 0.05) is 17.3 Å². The van der Waals surface area contributed by atoms with Gasteiger partial charge in [-0.1, -0.05) is 20.8 Å². The molecule has 0 aromatic carbocycles. The van der Waals surface area contributed by atoms with E-state index in [1.807, 2.05) is 0 Å². The molecule has 0 aliphatic carbocycles. The average Bonchev–Trinajstić information content (AvgIpc) is 2.44. The first-order valence-electron chi connectivity index (χ1n) is 7.14.